The van der Waals surface area contributed by atoms with Crippen molar-refractivity contribution in [1.82, 2.24) is 10.6 Å². The molecular weight excluding hydrogens is 380 g/mol. The molecule has 0 amide bonds. The van der Waals surface area contributed by atoms with Gasteiger partial charge in [0.15, 0.2) is 0 Å². The van der Waals surface area contributed by atoms with Gasteiger partial charge in [0.2, 0.25) is 0 Å². The summed E-state index contributed by atoms with van der Waals surface area (Å²) in [5.74, 6) is 0. The van der Waals surface area contributed by atoms with Gasteiger partial charge in [-0.05, 0) is 88.4 Å². The molecule has 0 radical (unpaired) electrons. The summed E-state index contributed by atoms with van der Waals surface area (Å²) in [5, 5.41) is 7.35. The molecule has 186 valence electrons. The van der Waals surface area contributed by atoms with Crippen LogP contribution in [0.25, 0.3) is 0 Å². The van der Waals surface area contributed by atoms with Crippen LogP contribution in [-0.2, 0) is 0 Å². The summed E-state index contributed by atoms with van der Waals surface area (Å²) < 4.78 is 0. The van der Waals surface area contributed by atoms with Gasteiger partial charge in [-0.25, -0.2) is 0 Å². The first-order valence-electron chi connectivity index (χ1n) is 13.0. The van der Waals surface area contributed by atoms with E-state index in [-0.39, 0.29) is 5.54 Å². The Labute approximate surface area is 195 Å². The van der Waals surface area contributed by atoms with Gasteiger partial charge in [-0.1, -0.05) is 48.5 Å². The maximum atomic E-state index is 6.32. The van der Waals surface area contributed by atoms with Crippen molar-refractivity contribution in [3.05, 3.63) is 0 Å². The zero-order valence-electron chi connectivity index (χ0n) is 22.8. The van der Waals surface area contributed by atoms with Gasteiger partial charge in [0.25, 0.3) is 0 Å². The lowest BCUT2D eigenvalue weighted by atomic mass is 9.63. The van der Waals surface area contributed by atoms with Crippen LogP contribution in [0.1, 0.15) is 121 Å². The van der Waals surface area contributed by atoms with Gasteiger partial charge in [-0.15, -0.1) is 0 Å². The van der Waals surface area contributed by atoms with E-state index in [0.717, 1.165) is 19.4 Å². The number of hydrogen-bond acceptors (Lipinski definition) is 4. The molecule has 0 aromatic carbocycles. The van der Waals surface area contributed by atoms with E-state index < -0.39 is 0 Å². The third kappa shape index (κ3) is 11.0. The minimum absolute atomic E-state index is 0.00682. The topological polar surface area (TPSA) is 76.1 Å². The summed E-state index contributed by atoms with van der Waals surface area (Å²) in [5.41, 5.74) is 13.7. The van der Waals surface area contributed by atoms with Crippen molar-refractivity contribution in [1.29, 1.82) is 0 Å². The SMILES string of the molecule is CCC(C)NC1CC(C)(C)CC(C)(N)C1.CCC(C)NCC1(C)CC(N)CC(C)(C)C1. The van der Waals surface area contributed by atoms with Gasteiger partial charge in [-0.2, -0.15) is 0 Å². The van der Waals surface area contributed by atoms with E-state index >= 15 is 0 Å². The highest BCUT2D eigenvalue weighted by atomic mass is 15.0. The lowest BCUT2D eigenvalue weighted by molar-refractivity contribution is 0.0804. The summed E-state index contributed by atoms with van der Waals surface area (Å²) in [6, 6.07) is 2.21. The molecule has 0 aromatic rings. The standard InChI is InChI=1S/C14H30N2.C13H28N2/c1-6-11(2)16-10-14(5)8-12(15)7-13(3,4)9-14;1-6-10(2)15-11-7-12(3,4)9-13(5,14)8-11/h11-12,16H,6-10,15H2,1-5H3;10-11,15H,6-9,14H2,1-5H3. The van der Waals surface area contributed by atoms with Crippen molar-refractivity contribution in [2.75, 3.05) is 6.54 Å². The fourth-order valence-electron chi connectivity index (χ4n) is 6.59. The molecule has 2 rings (SSSR count). The third-order valence-corrected chi connectivity index (χ3v) is 7.49. The van der Waals surface area contributed by atoms with Crippen LogP contribution >= 0.6 is 0 Å². The minimum atomic E-state index is 0.00682. The summed E-state index contributed by atoms with van der Waals surface area (Å²) in [4.78, 5) is 0. The Morgan fingerprint density at radius 2 is 1.35 bits per heavy atom. The predicted molar refractivity (Wildman–Crippen MR) is 138 cm³/mol. The van der Waals surface area contributed by atoms with Crippen LogP contribution in [0.5, 0.6) is 0 Å². The van der Waals surface area contributed by atoms with E-state index in [0.29, 0.717) is 40.4 Å². The van der Waals surface area contributed by atoms with Crippen molar-refractivity contribution in [3.8, 4) is 0 Å². The molecule has 4 heteroatoms. The molecule has 2 fully saturated rings. The van der Waals surface area contributed by atoms with E-state index in [1.807, 2.05) is 0 Å². The van der Waals surface area contributed by atoms with Gasteiger partial charge in [0.05, 0.1) is 0 Å². The molecule has 2 saturated carbocycles. The molecule has 31 heavy (non-hydrogen) atoms. The van der Waals surface area contributed by atoms with Gasteiger partial charge in [0.1, 0.15) is 0 Å². The Hall–Kier alpha value is -0.160. The molecule has 6 unspecified atom stereocenters. The summed E-state index contributed by atoms with van der Waals surface area (Å²) in [7, 11) is 0. The van der Waals surface area contributed by atoms with Crippen LogP contribution in [0.4, 0.5) is 0 Å². The fraction of sp³-hybridized carbons (Fsp3) is 1.00. The Balaban J connectivity index is 0.000000311. The number of nitrogens with two attached hydrogens (primary N) is 2. The molecule has 2 aliphatic carbocycles. The number of hydrogen-bond donors (Lipinski definition) is 4. The average molecular weight is 439 g/mol. The van der Waals surface area contributed by atoms with Crippen LogP contribution < -0.4 is 22.1 Å². The highest BCUT2D eigenvalue weighted by Gasteiger charge is 2.40. The van der Waals surface area contributed by atoms with E-state index in [9.17, 15) is 0 Å². The lowest BCUT2D eigenvalue weighted by Crippen LogP contribution is -2.54. The lowest BCUT2D eigenvalue weighted by Gasteiger charge is -2.46. The van der Waals surface area contributed by atoms with Crippen molar-refractivity contribution in [2.24, 2.45) is 27.7 Å². The Morgan fingerprint density at radius 1 is 0.806 bits per heavy atom. The summed E-state index contributed by atoms with van der Waals surface area (Å²) in [6.45, 7) is 24.1. The van der Waals surface area contributed by atoms with Crippen LogP contribution in [0.15, 0.2) is 0 Å². The fourth-order valence-corrected chi connectivity index (χ4v) is 6.59. The second-order valence-electron chi connectivity index (χ2n) is 13.6. The van der Waals surface area contributed by atoms with Crippen LogP contribution in [0, 0.1) is 16.2 Å². The largest absolute Gasteiger partial charge is 0.328 e. The highest BCUT2D eigenvalue weighted by molar-refractivity contribution is 4.98. The van der Waals surface area contributed by atoms with Crippen molar-refractivity contribution in [3.63, 3.8) is 0 Å². The molecule has 6 atom stereocenters. The van der Waals surface area contributed by atoms with Crippen LogP contribution in [0.2, 0.25) is 0 Å². The quantitative estimate of drug-likeness (QED) is 0.418. The van der Waals surface area contributed by atoms with Crippen molar-refractivity contribution >= 4 is 0 Å². The van der Waals surface area contributed by atoms with Gasteiger partial charge in [0, 0.05) is 36.3 Å². The Bertz CT molecular complexity index is 511. The van der Waals surface area contributed by atoms with E-state index in [4.69, 9.17) is 11.5 Å². The molecule has 2 aliphatic rings. The highest BCUT2D eigenvalue weighted by Crippen LogP contribution is 2.45. The molecule has 0 aromatic heterocycles. The van der Waals surface area contributed by atoms with Crippen LogP contribution in [-0.4, -0.2) is 36.3 Å². The first-order chi connectivity index (χ1) is 14.0. The maximum absolute atomic E-state index is 6.32. The molecule has 4 nitrogen and oxygen atoms in total. The average Bonchev–Trinajstić information content (AvgIpc) is 2.55. The zero-order chi connectivity index (χ0) is 24.1. The third-order valence-electron chi connectivity index (χ3n) is 7.49. The Kier molecular flexibility index (Phi) is 10.5. The normalized spacial score (nSPS) is 36.8. The van der Waals surface area contributed by atoms with Crippen molar-refractivity contribution in [2.45, 2.75) is 150 Å². The zero-order valence-corrected chi connectivity index (χ0v) is 22.8. The Morgan fingerprint density at radius 3 is 1.84 bits per heavy atom. The molecule has 0 aliphatic heterocycles. The number of rotatable bonds is 7. The molecule has 6 N–H and O–H groups in total. The van der Waals surface area contributed by atoms with Gasteiger partial charge < -0.3 is 22.1 Å². The van der Waals surface area contributed by atoms with Gasteiger partial charge >= 0.3 is 0 Å². The summed E-state index contributed by atoms with van der Waals surface area (Å²) >= 11 is 0. The maximum Gasteiger partial charge on any atom is 0.0145 e. The van der Waals surface area contributed by atoms with E-state index in [2.05, 4.69) is 79.9 Å². The second kappa shape index (κ2) is 11.3. The second-order valence-corrected chi connectivity index (χ2v) is 13.6. The number of nitrogens with one attached hydrogen (secondary N) is 2. The smallest absolute Gasteiger partial charge is 0.0145 e. The van der Waals surface area contributed by atoms with E-state index in [1.165, 1.54) is 38.5 Å². The molecular formula is C27H58N4. The molecule has 0 saturated heterocycles. The molecule has 0 heterocycles. The van der Waals surface area contributed by atoms with Gasteiger partial charge in [-0.3, -0.25) is 0 Å². The first kappa shape index (κ1) is 28.9. The van der Waals surface area contributed by atoms with Crippen LogP contribution in [0.3, 0.4) is 0 Å². The van der Waals surface area contributed by atoms with Crippen molar-refractivity contribution < 1.29 is 0 Å². The summed E-state index contributed by atoms with van der Waals surface area (Å²) in [6.07, 6.45) is 9.52. The molecule has 0 bridgehead atoms. The monoisotopic (exact) mass is 438 g/mol. The van der Waals surface area contributed by atoms with E-state index in [1.54, 1.807) is 0 Å². The predicted octanol–water partition coefficient (Wildman–Crippen LogP) is 5.59. The minimum Gasteiger partial charge on any atom is -0.328 e. The first-order valence-corrected chi connectivity index (χ1v) is 13.0. The molecule has 0 spiro atoms.